The van der Waals surface area contributed by atoms with Crippen LogP contribution in [0.15, 0.2) is 59.2 Å². The fraction of sp³-hybridized carbons (Fsp3) is 0.200. The number of quaternary nitrogens is 1. The molecule has 1 aromatic heterocycles. The van der Waals surface area contributed by atoms with Crippen molar-refractivity contribution in [2.45, 2.75) is 13.0 Å². The summed E-state index contributed by atoms with van der Waals surface area (Å²) in [5, 5.41) is 3.79. The van der Waals surface area contributed by atoms with Gasteiger partial charge in [-0.15, -0.1) is 0 Å². The first-order chi connectivity index (χ1) is 12.5. The molecule has 5 nitrogen and oxygen atoms in total. The van der Waals surface area contributed by atoms with E-state index in [4.69, 9.17) is 0 Å². The van der Waals surface area contributed by atoms with Crippen LogP contribution < -0.4 is 10.2 Å². The maximum absolute atomic E-state index is 12.9. The number of rotatable bonds is 6. The molecule has 2 atom stereocenters. The summed E-state index contributed by atoms with van der Waals surface area (Å²) in [6, 6.07) is 14.8. The average Bonchev–Trinajstić information content (AvgIpc) is 3.06. The van der Waals surface area contributed by atoms with Gasteiger partial charge >= 0.3 is 0 Å². The zero-order chi connectivity index (χ0) is 18.7. The standard InChI is InChI=1S/C20H20BrN3O2/c1-13(20(26)15-11-22-17-9-5-3-7-14(15)17)24(2)12-19(25)23-18-10-6-4-8-16(18)21/h3-11,13,22H,12H2,1-2H3,(H,23,25)/p+1/t13-/m0/s1. The first kappa shape index (κ1) is 18.4. The van der Waals surface area contributed by atoms with Gasteiger partial charge in [0.25, 0.3) is 5.91 Å². The number of amides is 1. The van der Waals surface area contributed by atoms with Crippen LogP contribution in [0.2, 0.25) is 0 Å². The van der Waals surface area contributed by atoms with Crippen LogP contribution in [0, 0.1) is 0 Å². The number of halogens is 1. The minimum Gasteiger partial charge on any atom is -0.360 e. The number of carbonyl (C=O) groups is 2. The molecular weight excluding hydrogens is 394 g/mol. The van der Waals surface area contributed by atoms with Gasteiger partial charge in [-0.3, -0.25) is 9.59 Å². The molecule has 26 heavy (non-hydrogen) atoms. The zero-order valence-corrected chi connectivity index (χ0v) is 16.3. The molecule has 0 aliphatic carbocycles. The van der Waals surface area contributed by atoms with E-state index in [1.165, 1.54) is 0 Å². The predicted octanol–water partition coefficient (Wildman–Crippen LogP) is 2.66. The van der Waals surface area contributed by atoms with E-state index in [1.54, 1.807) is 6.20 Å². The molecule has 6 heteroatoms. The van der Waals surface area contributed by atoms with Crippen molar-refractivity contribution in [3.63, 3.8) is 0 Å². The Morgan fingerprint density at radius 3 is 2.62 bits per heavy atom. The van der Waals surface area contributed by atoms with E-state index in [0.29, 0.717) is 5.56 Å². The number of para-hydroxylation sites is 2. The number of H-pyrrole nitrogens is 1. The molecule has 0 radical (unpaired) electrons. The van der Waals surface area contributed by atoms with E-state index in [1.807, 2.05) is 62.5 Å². The lowest BCUT2D eigenvalue weighted by Gasteiger charge is -2.20. The number of aromatic amines is 1. The van der Waals surface area contributed by atoms with Gasteiger partial charge in [0.1, 0.15) is 6.04 Å². The average molecular weight is 415 g/mol. The van der Waals surface area contributed by atoms with Gasteiger partial charge in [-0.2, -0.15) is 0 Å². The molecule has 1 heterocycles. The van der Waals surface area contributed by atoms with Gasteiger partial charge in [0.15, 0.2) is 6.54 Å². The number of nitrogens with one attached hydrogen (secondary N) is 3. The number of Topliss-reactive ketones (excluding diaryl/α,β-unsaturated/α-hetero) is 1. The second kappa shape index (κ2) is 7.85. The predicted molar refractivity (Wildman–Crippen MR) is 107 cm³/mol. The lowest BCUT2D eigenvalue weighted by molar-refractivity contribution is -0.885. The van der Waals surface area contributed by atoms with Crippen molar-refractivity contribution in [1.29, 1.82) is 0 Å². The number of aromatic nitrogens is 1. The molecular formula is C20H21BrN3O2+. The van der Waals surface area contributed by atoms with Gasteiger partial charge < -0.3 is 15.2 Å². The molecule has 0 aliphatic rings. The highest BCUT2D eigenvalue weighted by Crippen LogP contribution is 2.21. The lowest BCUT2D eigenvalue weighted by Crippen LogP contribution is -3.14. The molecule has 0 bridgehead atoms. The summed E-state index contributed by atoms with van der Waals surface area (Å²) < 4.78 is 0.828. The van der Waals surface area contributed by atoms with Crippen molar-refractivity contribution < 1.29 is 14.5 Å². The van der Waals surface area contributed by atoms with Crippen molar-refractivity contribution in [3.8, 4) is 0 Å². The third-order valence-corrected chi connectivity index (χ3v) is 5.27. The number of anilines is 1. The molecule has 134 valence electrons. The Kier molecular flexibility index (Phi) is 5.54. The molecule has 0 saturated carbocycles. The number of fused-ring (bicyclic) bond motifs is 1. The topological polar surface area (TPSA) is 66.4 Å². The summed E-state index contributed by atoms with van der Waals surface area (Å²) in [4.78, 5) is 29.2. The van der Waals surface area contributed by atoms with Crippen LogP contribution in [0.5, 0.6) is 0 Å². The van der Waals surface area contributed by atoms with E-state index in [9.17, 15) is 9.59 Å². The van der Waals surface area contributed by atoms with Crippen molar-refractivity contribution in [1.82, 2.24) is 4.98 Å². The quantitative estimate of drug-likeness (QED) is 0.542. The van der Waals surface area contributed by atoms with Crippen LogP contribution >= 0.6 is 15.9 Å². The van der Waals surface area contributed by atoms with E-state index in [2.05, 4.69) is 26.2 Å². The SMILES string of the molecule is C[C@@H](C(=O)c1c[nH]c2ccccc12)[NH+](C)CC(=O)Nc1ccccc1Br. The number of ketones is 1. The number of likely N-dealkylation sites (N-methyl/N-ethyl adjacent to an activating group) is 1. The largest absolute Gasteiger partial charge is 0.360 e. The Morgan fingerprint density at radius 2 is 1.85 bits per heavy atom. The highest BCUT2D eigenvalue weighted by atomic mass is 79.9. The zero-order valence-electron chi connectivity index (χ0n) is 14.7. The Labute approximate surface area is 160 Å². The molecule has 3 N–H and O–H groups in total. The summed E-state index contributed by atoms with van der Waals surface area (Å²) in [5.41, 5.74) is 2.33. The van der Waals surface area contributed by atoms with Crippen molar-refractivity contribution >= 4 is 44.2 Å². The monoisotopic (exact) mass is 414 g/mol. The Hall–Kier alpha value is -2.44. The molecule has 3 aromatic rings. The molecule has 3 rings (SSSR count). The smallest absolute Gasteiger partial charge is 0.279 e. The second-order valence-corrected chi connectivity index (χ2v) is 7.24. The molecule has 2 aromatic carbocycles. The van der Waals surface area contributed by atoms with E-state index in [-0.39, 0.29) is 24.3 Å². The molecule has 0 saturated heterocycles. The highest BCUT2D eigenvalue weighted by molar-refractivity contribution is 9.10. The molecule has 0 aliphatic heterocycles. The lowest BCUT2D eigenvalue weighted by atomic mass is 10.0. The molecule has 0 fully saturated rings. The van der Waals surface area contributed by atoms with E-state index >= 15 is 0 Å². The summed E-state index contributed by atoms with van der Waals surface area (Å²) in [7, 11) is 1.86. The minimum absolute atomic E-state index is 0.0219. The number of hydrogen-bond donors (Lipinski definition) is 3. The van der Waals surface area contributed by atoms with Crippen LogP contribution in [-0.2, 0) is 4.79 Å². The van der Waals surface area contributed by atoms with Crippen LogP contribution in [0.4, 0.5) is 5.69 Å². The van der Waals surface area contributed by atoms with Gasteiger partial charge in [0.2, 0.25) is 5.78 Å². The first-order valence-corrected chi connectivity index (χ1v) is 9.23. The van der Waals surface area contributed by atoms with Crippen LogP contribution in [0.25, 0.3) is 10.9 Å². The van der Waals surface area contributed by atoms with E-state index in [0.717, 1.165) is 26.0 Å². The van der Waals surface area contributed by atoms with Gasteiger partial charge in [-0.25, -0.2) is 0 Å². The molecule has 1 unspecified atom stereocenters. The second-order valence-electron chi connectivity index (χ2n) is 6.39. The minimum atomic E-state index is -0.334. The van der Waals surface area contributed by atoms with Crippen molar-refractivity contribution in [2.75, 3.05) is 18.9 Å². The third-order valence-electron chi connectivity index (χ3n) is 4.57. The van der Waals surface area contributed by atoms with E-state index < -0.39 is 0 Å². The third kappa shape index (κ3) is 3.86. The first-order valence-electron chi connectivity index (χ1n) is 8.44. The maximum Gasteiger partial charge on any atom is 0.279 e. The number of benzene rings is 2. The summed E-state index contributed by atoms with van der Waals surface area (Å²) in [6.45, 7) is 2.06. The number of hydrogen-bond acceptors (Lipinski definition) is 2. The van der Waals surface area contributed by atoms with Gasteiger partial charge in [0, 0.05) is 27.1 Å². The molecule has 0 spiro atoms. The van der Waals surface area contributed by atoms with Crippen molar-refractivity contribution in [3.05, 3.63) is 64.8 Å². The summed E-state index contributed by atoms with van der Waals surface area (Å²) in [5.74, 6) is -0.110. The summed E-state index contributed by atoms with van der Waals surface area (Å²) in [6.07, 6.45) is 1.75. The fourth-order valence-corrected chi connectivity index (χ4v) is 3.28. The maximum atomic E-state index is 12.9. The highest BCUT2D eigenvalue weighted by Gasteiger charge is 2.27. The normalized spacial score (nSPS) is 13.3. The van der Waals surface area contributed by atoms with Gasteiger partial charge in [-0.1, -0.05) is 30.3 Å². The van der Waals surface area contributed by atoms with Crippen LogP contribution in [-0.4, -0.2) is 36.3 Å². The van der Waals surface area contributed by atoms with Crippen LogP contribution in [0.1, 0.15) is 17.3 Å². The fourth-order valence-electron chi connectivity index (χ4n) is 2.90. The summed E-state index contributed by atoms with van der Waals surface area (Å²) >= 11 is 3.41. The van der Waals surface area contributed by atoms with Crippen LogP contribution in [0.3, 0.4) is 0 Å². The van der Waals surface area contributed by atoms with Gasteiger partial charge in [0.05, 0.1) is 12.7 Å². The van der Waals surface area contributed by atoms with Gasteiger partial charge in [-0.05, 0) is 41.1 Å². The Balaban J connectivity index is 1.67. The Morgan fingerprint density at radius 1 is 1.15 bits per heavy atom. The van der Waals surface area contributed by atoms with Crippen molar-refractivity contribution in [2.24, 2.45) is 0 Å². The Bertz CT molecular complexity index is 951. The number of carbonyl (C=O) groups excluding carboxylic acids is 2. The molecule has 1 amide bonds.